The predicted octanol–water partition coefficient (Wildman–Crippen LogP) is 2.43. The molecule has 0 spiro atoms. The van der Waals surface area contributed by atoms with E-state index in [0.717, 1.165) is 0 Å². The summed E-state index contributed by atoms with van der Waals surface area (Å²) in [7, 11) is 1.58. The van der Waals surface area contributed by atoms with Gasteiger partial charge in [0.15, 0.2) is 11.5 Å². The Morgan fingerprint density at radius 1 is 1.44 bits per heavy atom. The second-order valence-electron chi connectivity index (χ2n) is 2.98. The van der Waals surface area contributed by atoms with Gasteiger partial charge in [-0.3, -0.25) is 4.79 Å². The standard InChI is InChI=1S/C11H14BrNO3/c1-3-16-10-6-8(13-11(14)7-12)4-5-9(10)15-2/h4-6H,3,7H2,1-2H3,(H,13,14). The fraction of sp³-hybridized carbons (Fsp3) is 0.364. The van der Waals surface area contributed by atoms with E-state index in [2.05, 4.69) is 21.2 Å². The van der Waals surface area contributed by atoms with Gasteiger partial charge < -0.3 is 14.8 Å². The zero-order valence-corrected chi connectivity index (χ0v) is 10.8. The number of ether oxygens (including phenoxy) is 2. The van der Waals surface area contributed by atoms with E-state index in [-0.39, 0.29) is 11.2 Å². The van der Waals surface area contributed by atoms with Crippen LogP contribution in [-0.4, -0.2) is 25.0 Å². The molecule has 0 saturated carbocycles. The molecular formula is C11H14BrNO3. The molecule has 1 amide bonds. The first-order valence-corrected chi connectivity index (χ1v) is 6.00. The molecule has 1 aromatic rings. The quantitative estimate of drug-likeness (QED) is 0.846. The van der Waals surface area contributed by atoms with E-state index >= 15 is 0 Å². The number of carbonyl (C=O) groups is 1. The van der Waals surface area contributed by atoms with Crippen molar-refractivity contribution in [2.75, 3.05) is 24.4 Å². The highest BCUT2D eigenvalue weighted by molar-refractivity contribution is 9.09. The number of amides is 1. The second-order valence-corrected chi connectivity index (χ2v) is 3.54. The van der Waals surface area contributed by atoms with Crippen LogP contribution in [-0.2, 0) is 4.79 Å². The minimum atomic E-state index is -0.104. The van der Waals surface area contributed by atoms with Crippen molar-refractivity contribution >= 4 is 27.5 Å². The van der Waals surface area contributed by atoms with Gasteiger partial charge in [-0.25, -0.2) is 0 Å². The van der Waals surface area contributed by atoms with Crippen LogP contribution in [0.5, 0.6) is 11.5 Å². The number of anilines is 1. The summed E-state index contributed by atoms with van der Waals surface area (Å²) in [4.78, 5) is 11.2. The molecule has 0 aromatic heterocycles. The summed E-state index contributed by atoms with van der Waals surface area (Å²) < 4.78 is 10.5. The normalized spacial score (nSPS) is 9.69. The number of hydrogen-bond donors (Lipinski definition) is 1. The molecule has 1 N–H and O–H groups in total. The number of alkyl halides is 1. The van der Waals surface area contributed by atoms with Gasteiger partial charge in [-0.1, -0.05) is 15.9 Å². The molecule has 0 aliphatic heterocycles. The van der Waals surface area contributed by atoms with Crippen LogP contribution in [0.1, 0.15) is 6.92 Å². The largest absolute Gasteiger partial charge is 0.493 e. The fourth-order valence-corrected chi connectivity index (χ4v) is 1.36. The summed E-state index contributed by atoms with van der Waals surface area (Å²) in [6.45, 7) is 2.44. The summed E-state index contributed by atoms with van der Waals surface area (Å²) in [6.07, 6.45) is 0. The molecule has 0 heterocycles. The first kappa shape index (κ1) is 12.8. The van der Waals surface area contributed by atoms with Crippen molar-refractivity contribution in [3.05, 3.63) is 18.2 Å². The smallest absolute Gasteiger partial charge is 0.235 e. The van der Waals surface area contributed by atoms with Crippen LogP contribution in [0.4, 0.5) is 5.69 Å². The highest BCUT2D eigenvalue weighted by Crippen LogP contribution is 2.30. The third-order valence-electron chi connectivity index (χ3n) is 1.87. The van der Waals surface area contributed by atoms with E-state index in [1.807, 2.05) is 6.92 Å². The fourth-order valence-electron chi connectivity index (χ4n) is 1.22. The molecule has 0 saturated heterocycles. The Hall–Kier alpha value is -1.23. The Bertz CT molecular complexity index is 368. The Morgan fingerprint density at radius 2 is 2.19 bits per heavy atom. The van der Waals surface area contributed by atoms with Gasteiger partial charge in [0.05, 0.1) is 19.0 Å². The lowest BCUT2D eigenvalue weighted by molar-refractivity contribution is -0.113. The molecule has 0 radical (unpaired) electrons. The van der Waals surface area contributed by atoms with Crippen molar-refractivity contribution in [2.24, 2.45) is 0 Å². The average molecular weight is 288 g/mol. The van der Waals surface area contributed by atoms with E-state index in [1.165, 1.54) is 0 Å². The number of hydrogen-bond acceptors (Lipinski definition) is 3. The van der Waals surface area contributed by atoms with Crippen LogP contribution < -0.4 is 14.8 Å². The van der Waals surface area contributed by atoms with Crippen LogP contribution >= 0.6 is 15.9 Å². The number of carbonyl (C=O) groups excluding carboxylic acids is 1. The Kier molecular flexibility index (Phi) is 5.11. The van der Waals surface area contributed by atoms with Crippen molar-refractivity contribution in [1.82, 2.24) is 0 Å². The van der Waals surface area contributed by atoms with Crippen molar-refractivity contribution in [3.8, 4) is 11.5 Å². The average Bonchev–Trinajstić information content (AvgIpc) is 2.30. The highest BCUT2D eigenvalue weighted by Gasteiger charge is 2.06. The molecule has 5 heteroatoms. The van der Waals surface area contributed by atoms with E-state index in [9.17, 15) is 4.79 Å². The molecule has 4 nitrogen and oxygen atoms in total. The molecule has 0 bridgehead atoms. The van der Waals surface area contributed by atoms with E-state index in [0.29, 0.717) is 23.8 Å². The summed E-state index contributed by atoms with van der Waals surface area (Å²) in [6, 6.07) is 5.26. The summed E-state index contributed by atoms with van der Waals surface area (Å²) >= 11 is 3.08. The molecule has 1 aromatic carbocycles. The summed E-state index contributed by atoms with van der Waals surface area (Å²) in [5.74, 6) is 1.17. The van der Waals surface area contributed by atoms with Crippen LogP contribution in [0.3, 0.4) is 0 Å². The van der Waals surface area contributed by atoms with Crippen LogP contribution in [0, 0.1) is 0 Å². The van der Waals surface area contributed by atoms with Gasteiger partial charge in [0, 0.05) is 11.8 Å². The third kappa shape index (κ3) is 3.41. The number of methoxy groups -OCH3 is 1. The lowest BCUT2D eigenvalue weighted by Crippen LogP contribution is -2.12. The third-order valence-corrected chi connectivity index (χ3v) is 2.38. The molecule has 16 heavy (non-hydrogen) atoms. The zero-order chi connectivity index (χ0) is 12.0. The van der Waals surface area contributed by atoms with Crippen LogP contribution in [0.15, 0.2) is 18.2 Å². The molecule has 88 valence electrons. The molecule has 0 atom stereocenters. The Balaban J connectivity index is 2.88. The van der Waals surface area contributed by atoms with E-state index in [1.54, 1.807) is 25.3 Å². The van der Waals surface area contributed by atoms with Crippen molar-refractivity contribution in [2.45, 2.75) is 6.92 Å². The SMILES string of the molecule is CCOc1cc(NC(=O)CBr)ccc1OC. The Labute approximate surface area is 103 Å². The summed E-state index contributed by atoms with van der Waals surface area (Å²) in [5, 5.41) is 2.99. The van der Waals surface area contributed by atoms with Gasteiger partial charge in [-0.15, -0.1) is 0 Å². The van der Waals surface area contributed by atoms with Crippen molar-refractivity contribution < 1.29 is 14.3 Å². The van der Waals surface area contributed by atoms with Crippen molar-refractivity contribution in [1.29, 1.82) is 0 Å². The van der Waals surface area contributed by atoms with Gasteiger partial charge in [0.25, 0.3) is 0 Å². The lowest BCUT2D eigenvalue weighted by Gasteiger charge is -2.11. The number of nitrogens with one attached hydrogen (secondary N) is 1. The van der Waals surface area contributed by atoms with Gasteiger partial charge >= 0.3 is 0 Å². The predicted molar refractivity (Wildman–Crippen MR) is 66.6 cm³/mol. The van der Waals surface area contributed by atoms with Crippen LogP contribution in [0.25, 0.3) is 0 Å². The first-order valence-electron chi connectivity index (χ1n) is 4.88. The van der Waals surface area contributed by atoms with Crippen molar-refractivity contribution in [3.63, 3.8) is 0 Å². The molecule has 0 unspecified atom stereocenters. The number of rotatable bonds is 5. The molecule has 1 rings (SSSR count). The number of halogens is 1. The topological polar surface area (TPSA) is 47.6 Å². The van der Waals surface area contributed by atoms with Gasteiger partial charge in [-0.2, -0.15) is 0 Å². The summed E-state index contributed by atoms with van der Waals surface area (Å²) in [5.41, 5.74) is 0.689. The van der Waals surface area contributed by atoms with E-state index in [4.69, 9.17) is 9.47 Å². The van der Waals surface area contributed by atoms with Crippen LogP contribution in [0.2, 0.25) is 0 Å². The Morgan fingerprint density at radius 3 is 2.75 bits per heavy atom. The maximum atomic E-state index is 11.2. The minimum absolute atomic E-state index is 0.104. The van der Waals surface area contributed by atoms with Gasteiger partial charge in [-0.05, 0) is 19.1 Å². The second kappa shape index (κ2) is 6.37. The molecule has 0 aliphatic carbocycles. The number of benzene rings is 1. The maximum Gasteiger partial charge on any atom is 0.235 e. The van der Waals surface area contributed by atoms with Gasteiger partial charge in [0.1, 0.15) is 0 Å². The zero-order valence-electron chi connectivity index (χ0n) is 9.25. The van der Waals surface area contributed by atoms with E-state index < -0.39 is 0 Å². The highest BCUT2D eigenvalue weighted by atomic mass is 79.9. The molecular weight excluding hydrogens is 274 g/mol. The first-order chi connectivity index (χ1) is 7.71. The molecule has 0 fully saturated rings. The molecule has 0 aliphatic rings. The van der Waals surface area contributed by atoms with Gasteiger partial charge in [0.2, 0.25) is 5.91 Å². The lowest BCUT2D eigenvalue weighted by atomic mass is 10.2. The minimum Gasteiger partial charge on any atom is -0.493 e. The maximum absolute atomic E-state index is 11.2. The monoisotopic (exact) mass is 287 g/mol.